The quantitative estimate of drug-likeness (QED) is 0.519. The van der Waals surface area contributed by atoms with Crippen LogP contribution in [0.25, 0.3) is 0 Å². The topological polar surface area (TPSA) is 34.8 Å². The number of nitrogens with two attached hydrogens (primary N) is 1. The summed E-state index contributed by atoms with van der Waals surface area (Å²) in [6.45, 7) is 1.94. The van der Waals surface area contributed by atoms with E-state index < -0.39 is 0 Å². The van der Waals surface area contributed by atoms with Crippen molar-refractivity contribution in [2.24, 2.45) is 12.8 Å². The molecule has 1 rings (SSSR count). The van der Waals surface area contributed by atoms with E-state index in [-0.39, 0.29) is 6.17 Å². The molecule has 1 aromatic rings. The van der Waals surface area contributed by atoms with Crippen molar-refractivity contribution in [2.45, 2.75) is 13.1 Å². The lowest BCUT2D eigenvalue weighted by atomic mass is 10.6. The van der Waals surface area contributed by atoms with E-state index in [1.165, 1.54) is 0 Å². The van der Waals surface area contributed by atoms with Crippen LogP contribution in [0.4, 0.5) is 0 Å². The van der Waals surface area contributed by atoms with Crippen LogP contribution >= 0.6 is 0 Å². The van der Waals surface area contributed by atoms with Crippen LogP contribution in [-0.2, 0) is 7.05 Å². The summed E-state index contributed by atoms with van der Waals surface area (Å²) < 4.78 is 3.91. The Morgan fingerprint density at radius 3 is 2.56 bits per heavy atom. The van der Waals surface area contributed by atoms with Crippen molar-refractivity contribution in [1.29, 1.82) is 0 Å². The first-order chi connectivity index (χ1) is 4.20. The van der Waals surface area contributed by atoms with Gasteiger partial charge in [0.1, 0.15) is 18.6 Å². The lowest BCUT2D eigenvalue weighted by Gasteiger charge is -1.96. The van der Waals surface area contributed by atoms with E-state index in [1.807, 2.05) is 41.8 Å². The molecule has 50 valence electrons. The molecule has 1 atom stereocenters. The Balaban J connectivity index is 2.85. The molecule has 2 N–H and O–H groups in total. The Hall–Kier alpha value is -0.830. The second-order valence-electron chi connectivity index (χ2n) is 2.27. The predicted molar refractivity (Wildman–Crippen MR) is 34.5 cm³/mol. The highest BCUT2D eigenvalue weighted by atomic mass is 15.2. The molecule has 9 heavy (non-hydrogen) atoms. The van der Waals surface area contributed by atoms with Crippen LogP contribution in [0.2, 0.25) is 0 Å². The van der Waals surface area contributed by atoms with E-state index in [9.17, 15) is 0 Å². The molecule has 0 radical (unpaired) electrons. The van der Waals surface area contributed by atoms with Gasteiger partial charge in [-0.25, -0.2) is 9.13 Å². The molecule has 0 aromatic carbocycles. The Morgan fingerprint density at radius 2 is 2.33 bits per heavy atom. The lowest BCUT2D eigenvalue weighted by Crippen LogP contribution is -2.25. The van der Waals surface area contributed by atoms with Crippen molar-refractivity contribution >= 4 is 0 Å². The fourth-order valence-corrected chi connectivity index (χ4v) is 0.710. The number of rotatable bonds is 1. The zero-order valence-electron chi connectivity index (χ0n) is 5.78. The number of nitrogens with zero attached hydrogens (tertiary/aromatic N) is 2. The maximum Gasteiger partial charge on any atom is 0.244 e. The van der Waals surface area contributed by atoms with Gasteiger partial charge in [0, 0.05) is 0 Å². The van der Waals surface area contributed by atoms with Crippen molar-refractivity contribution < 1.29 is 4.57 Å². The third kappa shape index (κ3) is 1.29. The van der Waals surface area contributed by atoms with Crippen LogP contribution in [0.1, 0.15) is 13.1 Å². The fraction of sp³-hybridized carbons (Fsp3) is 0.500. The third-order valence-corrected chi connectivity index (χ3v) is 1.26. The van der Waals surface area contributed by atoms with E-state index in [0.717, 1.165) is 0 Å². The van der Waals surface area contributed by atoms with Gasteiger partial charge < -0.3 is 0 Å². The molecular formula is C6H12N3+. The maximum atomic E-state index is 5.58. The minimum absolute atomic E-state index is 0.0752. The molecule has 0 aliphatic carbocycles. The fourth-order valence-electron chi connectivity index (χ4n) is 0.710. The molecule has 0 aliphatic heterocycles. The summed E-state index contributed by atoms with van der Waals surface area (Å²) in [5, 5.41) is 0. The summed E-state index contributed by atoms with van der Waals surface area (Å²) in [6.07, 6.45) is 5.94. The normalized spacial score (nSPS) is 13.7. The third-order valence-electron chi connectivity index (χ3n) is 1.26. The highest BCUT2D eigenvalue weighted by Crippen LogP contribution is 1.91. The van der Waals surface area contributed by atoms with Crippen LogP contribution in [0.5, 0.6) is 0 Å². The molecule has 0 saturated carbocycles. The second kappa shape index (κ2) is 2.19. The van der Waals surface area contributed by atoms with Gasteiger partial charge in [0.25, 0.3) is 0 Å². The zero-order valence-corrected chi connectivity index (χ0v) is 5.78. The lowest BCUT2D eigenvalue weighted by molar-refractivity contribution is -0.671. The van der Waals surface area contributed by atoms with Crippen LogP contribution in [0.3, 0.4) is 0 Å². The van der Waals surface area contributed by atoms with Gasteiger partial charge in [0.2, 0.25) is 6.33 Å². The molecule has 0 aliphatic rings. The first kappa shape index (κ1) is 6.29. The SMILES string of the molecule is CC(N)n1cc[n+](C)c1. The van der Waals surface area contributed by atoms with Gasteiger partial charge in [-0.3, -0.25) is 5.73 Å². The van der Waals surface area contributed by atoms with Crippen molar-refractivity contribution in [3.8, 4) is 0 Å². The van der Waals surface area contributed by atoms with Gasteiger partial charge in [-0.2, -0.15) is 0 Å². The van der Waals surface area contributed by atoms with Crippen molar-refractivity contribution in [2.75, 3.05) is 0 Å². The Morgan fingerprint density at radius 1 is 1.67 bits per heavy atom. The monoisotopic (exact) mass is 126 g/mol. The van der Waals surface area contributed by atoms with E-state index in [2.05, 4.69) is 0 Å². The Kier molecular flexibility index (Phi) is 1.53. The van der Waals surface area contributed by atoms with Gasteiger partial charge in [-0.15, -0.1) is 0 Å². The summed E-state index contributed by atoms with van der Waals surface area (Å²) in [7, 11) is 1.97. The summed E-state index contributed by atoms with van der Waals surface area (Å²) in [5.41, 5.74) is 5.58. The van der Waals surface area contributed by atoms with Gasteiger partial charge in [-0.1, -0.05) is 0 Å². The number of aryl methyl sites for hydroxylation is 1. The van der Waals surface area contributed by atoms with Crippen LogP contribution < -0.4 is 10.3 Å². The number of hydrogen-bond acceptors (Lipinski definition) is 1. The molecule has 1 heterocycles. The van der Waals surface area contributed by atoms with Crippen LogP contribution in [-0.4, -0.2) is 4.57 Å². The zero-order chi connectivity index (χ0) is 6.85. The van der Waals surface area contributed by atoms with Crippen LogP contribution in [0.15, 0.2) is 18.7 Å². The number of hydrogen-bond donors (Lipinski definition) is 1. The van der Waals surface area contributed by atoms with Crippen molar-refractivity contribution in [1.82, 2.24) is 4.57 Å². The molecule has 1 unspecified atom stereocenters. The molecule has 3 nitrogen and oxygen atoms in total. The van der Waals surface area contributed by atoms with Crippen molar-refractivity contribution in [3.63, 3.8) is 0 Å². The first-order valence-electron chi connectivity index (χ1n) is 2.98. The molecule has 0 spiro atoms. The molecule has 0 bridgehead atoms. The molecule has 0 fully saturated rings. The summed E-state index contributed by atoms with van der Waals surface area (Å²) in [4.78, 5) is 0. The second-order valence-corrected chi connectivity index (χ2v) is 2.27. The average molecular weight is 126 g/mol. The molecule has 0 saturated heterocycles. The van der Waals surface area contributed by atoms with Gasteiger partial charge in [0.05, 0.1) is 7.05 Å². The minimum atomic E-state index is 0.0752. The number of imidazole rings is 1. The van der Waals surface area contributed by atoms with Crippen molar-refractivity contribution in [3.05, 3.63) is 18.7 Å². The summed E-state index contributed by atoms with van der Waals surface area (Å²) in [5.74, 6) is 0. The van der Waals surface area contributed by atoms with Gasteiger partial charge in [0.15, 0.2) is 0 Å². The Bertz CT molecular complexity index is 190. The summed E-state index contributed by atoms with van der Waals surface area (Å²) in [6, 6.07) is 0. The largest absolute Gasteiger partial charge is 0.293 e. The Labute approximate surface area is 54.7 Å². The standard InChI is InChI=1S/C6H12N3/c1-6(7)9-4-3-8(2)5-9/h3-6H,7H2,1-2H3/q+1. The highest BCUT2D eigenvalue weighted by molar-refractivity contribution is 4.68. The smallest absolute Gasteiger partial charge is 0.244 e. The van der Waals surface area contributed by atoms with E-state index >= 15 is 0 Å². The molecule has 1 aromatic heterocycles. The molecular weight excluding hydrogens is 114 g/mol. The first-order valence-corrected chi connectivity index (χ1v) is 2.98. The minimum Gasteiger partial charge on any atom is -0.293 e. The van der Waals surface area contributed by atoms with E-state index in [0.29, 0.717) is 0 Å². The average Bonchev–Trinajstić information content (AvgIpc) is 2.14. The highest BCUT2D eigenvalue weighted by Gasteiger charge is 2.02. The number of aromatic nitrogens is 2. The predicted octanol–water partition coefficient (Wildman–Crippen LogP) is -0.210. The maximum absolute atomic E-state index is 5.58. The van der Waals surface area contributed by atoms with Gasteiger partial charge >= 0.3 is 0 Å². The summed E-state index contributed by atoms with van der Waals surface area (Å²) >= 11 is 0. The van der Waals surface area contributed by atoms with Gasteiger partial charge in [-0.05, 0) is 6.92 Å². The van der Waals surface area contributed by atoms with E-state index in [1.54, 1.807) is 0 Å². The molecule has 0 amide bonds. The molecule has 3 heteroatoms. The van der Waals surface area contributed by atoms with Crippen LogP contribution in [0, 0.1) is 0 Å². The van der Waals surface area contributed by atoms with E-state index in [4.69, 9.17) is 5.73 Å².